The smallest absolute Gasteiger partial charge is 0.369 e. The van der Waals surface area contributed by atoms with Crippen LogP contribution < -0.4 is 16.8 Å². The summed E-state index contributed by atoms with van der Waals surface area (Å²) in [5, 5.41) is 0. The SMILES string of the molecule is CCON[C@@H](C)C(=O)C(OCCn1cnc2c(=O)[nH]c(N)nc21)(OCc1ccccc1)P(=O)(O)O. The van der Waals surface area contributed by atoms with Crippen LogP contribution in [0.2, 0.25) is 0 Å². The van der Waals surface area contributed by atoms with E-state index < -0.39 is 37.1 Å². The zero-order chi connectivity index (χ0) is 25.6. The molecule has 3 rings (SSSR count). The maximum atomic E-state index is 13.3. The fourth-order valence-electron chi connectivity index (χ4n) is 3.20. The molecule has 0 radical (unpaired) electrons. The summed E-state index contributed by atoms with van der Waals surface area (Å²) in [6.45, 7) is 2.43. The topological polar surface area (TPSA) is 204 Å². The molecule has 0 spiro atoms. The minimum absolute atomic E-state index is 0.0198. The van der Waals surface area contributed by atoms with Crippen LogP contribution in [0.1, 0.15) is 19.4 Å². The number of nitrogens with zero attached hydrogens (tertiary/aromatic N) is 3. The maximum Gasteiger partial charge on any atom is 0.393 e. The molecule has 1 aromatic carbocycles. The molecule has 15 heteroatoms. The van der Waals surface area contributed by atoms with E-state index >= 15 is 0 Å². The van der Waals surface area contributed by atoms with Gasteiger partial charge in [0.2, 0.25) is 11.7 Å². The van der Waals surface area contributed by atoms with E-state index in [0.717, 1.165) is 0 Å². The number of imidazole rings is 1. The molecule has 2 heterocycles. The van der Waals surface area contributed by atoms with Gasteiger partial charge in [-0.25, -0.2) is 4.98 Å². The van der Waals surface area contributed by atoms with Crippen LogP contribution >= 0.6 is 7.60 Å². The van der Waals surface area contributed by atoms with E-state index in [4.69, 9.17) is 20.0 Å². The number of ketones is 1. The van der Waals surface area contributed by atoms with Crippen LogP contribution in [0.15, 0.2) is 41.5 Å². The highest BCUT2D eigenvalue weighted by atomic mass is 31.2. The molecule has 6 N–H and O–H groups in total. The number of anilines is 1. The number of aromatic amines is 1. The average molecular weight is 510 g/mol. The Morgan fingerprint density at radius 3 is 2.69 bits per heavy atom. The first-order valence-corrected chi connectivity index (χ1v) is 12.2. The molecule has 190 valence electrons. The standard InChI is InChI=1S/C20H27N6O8P/c1-3-34-25-13(2)16(27)20(35(29,30)31,33-11-14-7-5-4-6-8-14)32-10-9-26-12-22-15-17(26)23-19(21)24-18(15)28/h4-8,12-13,25H,3,9-11H2,1-2H3,(H2,29,30,31)(H3,21,23,24,28)/t13-,20?/m0/s1. The van der Waals surface area contributed by atoms with Crippen molar-refractivity contribution in [3.63, 3.8) is 0 Å². The summed E-state index contributed by atoms with van der Waals surface area (Å²) in [4.78, 5) is 61.0. The fourth-order valence-corrected chi connectivity index (χ4v) is 4.18. The number of carbonyl (C=O) groups excluding carboxylic acids is 1. The summed E-state index contributed by atoms with van der Waals surface area (Å²) in [7, 11) is -5.36. The Hall–Kier alpha value is -2.97. The number of benzene rings is 1. The van der Waals surface area contributed by atoms with Crippen molar-refractivity contribution in [1.82, 2.24) is 25.0 Å². The summed E-state index contributed by atoms with van der Waals surface area (Å²) < 4.78 is 25.1. The second kappa shape index (κ2) is 11.2. The Morgan fingerprint density at radius 1 is 1.31 bits per heavy atom. The molecule has 0 amide bonds. The summed E-state index contributed by atoms with van der Waals surface area (Å²) in [5.41, 5.74) is 5.24. The highest BCUT2D eigenvalue weighted by Crippen LogP contribution is 2.53. The van der Waals surface area contributed by atoms with Gasteiger partial charge >= 0.3 is 13.1 Å². The number of Topliss-reactive ketones (excluding diaryl/α,β-unsaturated/α-hetero) is 1. The van der Waals surface area contributed by atoms with Crippen LogP contribution in [-0.2, 0) is 36.8 Å². The van der Waals surface area contributed by atoms with Crippen molar-refractivity contribution in [3.8, 4) is 0 Å². The fraction of sp³-hybridized carbons (Fsp3) is 0.400. The Balaban J connectivity index is 1.89. The number of rotatable bonds is 13. The van der Waals surface area contributed by atoms with Crippen molar-refractivity contribution >= 4 is 30.5 Å². The molecule has 0 saturated heterocycles. The number of hydrogen-bond donors (Lipinski definition) is 5. The maximum absolute atomic E-state index is 13.3. The van der Waals surface area contributed by atoms with E-state index in [-0.39, 0.29) is 36.9 Å². The third-order valence-electron chi connectivity index (χ3n) is 4.89. The number of hydrogen-bond acceptors (Lipinski definition) is 10. The van der Waals surface area contributed by atoms with Gasteiger partial charge in [-0.15, -0.1) is 0 Å². The van der Waals surface area contributed by atoms with Gasteiger partial charge in [-0.05, 0) is 19.4 Å². The first-order chi connectivity index (χ1) is 16.6. The molecule has 3 aromatic rings. The average Bonchev–Trinajstić information content (AvgIpc) is 3.22. The third-order valence-corrected chi connectivity index (χ3v) is 6.14. The minimum Gasteiger partial charge on any atom is -0.369 e. The molecular formula is C20H27N6O8P. The largest absolute Gasteiger partial charge is 0.393 e. The molecule has 0 saturated carbocycles. The molecule has 0 aliphatic carbocycles. The van der Waals surface area contributed by atoms with Crippen molar-refractivity contribution in [2.45, 2.75) is 38.6 Å². The highest BCUT2D eigenvalue weighted by Gasteiger charge is 2.58. The second-order valence-electron chi connectivity index (χ2n) is 7.45. The number of nitrogens with two attached hydrogens (primary N) is 1. The molecule has 0 aliphatic rings. The normalized spacial score (nSPS) is 14.6. The van der Waals surface area contributed by atoms with Gasteiger partial charge in [-0.1, -0.05) is 30.3 Å². The van der Waals surface area contributed by atoms with Gasteiger partial charge in [0.15, 0.2) is 11.2 Å². The predicted octanol–water partition coefficient (Wildman–Crippen LogP) is 0.265. The number of nitrogens with one attached hydrogen (secondary N) is 2. The number of carbonyl (C=O) groups is 1. The van der Waals surface area contributed by atoms with Gasteiger partial charge in [0.1, 0.15) is 0 Å². The monoisotopic (exact) mass is 510 g/mol. The van der Waals surface area contributed by atoms with Gasteiger partial charge in [0.05, 0.1) is 32.2 Å². The van der Waals surface area contributed by atoms with Crippen molar-refractivity contribution in [1.29, 1.82) is 0 Å². The Kier molecular flexibility index (Phi) is 8.51. The van der Waals surface area contributed by atoms with Crippen LogP contribution in [0, 0.1) is 0 Å². The van der Waals surface area contributed by atoms with E-state index in [0.29, 0.717) is 5.56 Å². The lowest BCUT2D eigenvalue weighted by Crippen LogP contribution is -2.52. The quantitative estimate of drug-likeness (QED) is 0.119. The van der Waals surface area contributed by atoms with Crippen LogP contribution in [0.3, 0.4) is 0 Å². The first-order valence-electron chi connectivity index (χ1n) is 10.6. The van der Waals surface area contributed by atoms with Crippen molar-refractivity contribution < 1.29 is 33.5 Å². The molecular weight excluding hydrogens is 483 g/mol. The summed E-state index contributed by atoms with van der Waals surface area (Å²) in [6.07, 6.45) is 1.29. The number of ether oxygens (including phenoxy) is 2. The van der Waals surface area contributed by atoms with E-state index in [1.807, 2.05) is 0 Å². The van der Waals surface area contributed by atoms with Crippen LogP contribution in [0.5, 0.6) is 0 Å². The summed E-state index contributed by atoms with van der Waals surface area (Å²) in [6, 6.07) is 7.34. The number of aromatic nitrogens is 4. The van der Waals surface area contributed by atoms with Crippen LogP contribution in [-0.4, -0.2) is 59.9 Å². The number of fused-ring (bicyclic) bond motifs is 1. The Bertz CT molecular complexity index is 1260. The second-order valence-corrected chi connectivity index (χ2v) is 9.12. The molecule has 2 atom stereocenters. The van der Waals surface area contributed by atoms with Crippen LogP contribution in [0.25, 0.3) is 11.2 Å². The lowest BCUT2D eigenvalue weighted by atomic mass is 10.2. The molecule has 0 fully saturated rings. The van der Waals surface area contributed by atoms with Gasteiger partial charge < -0.3 is 34.4 Å². The van der Waals surface area contributed by atoms with E-state index in [2.05, 4.69) is 20.4 Å². The number of nitrogen functional groups attached to an aromatic ring is 1. The molecule has 35 heavy (non-hydrogen) atoms. The zero-order valence-electron chi connectivity index (χ0n) is 19.1. The molecule has 2 aromatic heterocycles. The van der Waals surface area contributed by atoms with E-state index in [1.165, 1.54) is 17.8 Å². The van der Waals surface area contributed by atoms with E-state index in [1.54, 1.807) is 37.3 Å². The van der Waals surface area contributed by atoms with Crippen molar-refractivity contribution in [3.05, 3.63) is 52.6 Å². The predicted molar refractivity (Wildman–Crippen MR) is 124 cm³/mol. The molecule has 0 bridgehead atoms. The minimum atomic E-state index is -5.36. The molecule has 1 unspecified atom stereocenters. The first kappa shape index (κ1) is 26.6. The van der Waals surface area contributed by atoms with Crippen LogP contribution in [0.4, 0.5) is 5.95 Å². The summed E-state index contributed by atoms with van der Waals surface area (Å²) in [5.74, 6) is -1.20. The summed E-state index contributed by atoms with van der Waals surface area (Å²) >= 11 is 0. The van der Waals surface area contributed by atoms with Crippen molar-refractivity contribution in [2.75, 3.05) is 18.9 Å². The third kappa shape index (κ3) is 6.00. The number of H-pyrrole nitrogens is 1. The molecule has 0 aliphatic heterocycles. The Morgan fingerprint density at radius 2 is 2.03 bits per heavy atom. The highest BCUT2D eigenvalue weighted by molar-refractivity contribution is 7.54. The molecule has 14 nitrogen and oxygen atoms in total. The van der Waals surface area contributed by atoms with E-state index in [9.17, 15) is 23.9 Å². The lowest BCUT2D eigenvalue weighted by Gasteiger charge is -2.34. The number of hydroxylamine groups is 1. The van der Waals surface area contributed by atoms with Gasteiger partial charge in [0.25, 0.3) is 5.56 Å². The van der Waals surface area contributed by atoms with Crippen molar-refractivity contribution in [2.24, 2.45) is 0 Å². The van der Waals surface area contributed by atoms with Gasteiger partial charge in [0, 0.05) is 6.54 Å². The van der Waals surface area contributed by atoms with Gasteiger partial charge in [-0.3, -0.25) is 19.1 Å². The van der Waals surface area contributed by atoms with Gasteiger partial charge in [-0.2, -0.15) is 10.5 Å². The Labute approximate surface area is 199 Å². The lowest BCUT2D eigenvalue weighted by molar-refractivity contribution is -0.205. The zero-order valence-corrected chi connectivity index (χ0v) is 20.0.